The van der Waals surface area contributed by atoms with E-state index < -0.39 is 0 Å². The van der Waals surface area contributed by atoms with E-state index in [9.17, 15) is 0 Å². The molecule has 44 valence electrons. The van der Waals surface area contributed by atoms with Crippen LogP contribution in [0, 0.1) is 0 Å². The first-order chi connectivity index (χ1) is 3.33. The van der Waals surface area contributed by atoms with Crippen LogP contribution >= 0.6 is 0 Å². The second kappa shape index (κ2) is 17.9. The van der Waals surface area contributed by atoms with Crippen molar-refractivity contribution >= 4 is 0 Å². The minimum absolute atomic E-state index is 0.0972. The Balaban J connectivity index is 0. The summed E-state index contributed by atoms with van der Waals surface area (Å²) in [5.74, 6) is 0. The highest BCUT2D eigenvalue weighted by Crippen LogP contribution is 1.33. The highest BCUT2D eigenvalue weighted by molar-refractivity contribution is 4.48. The molecule has 7 heavy (non-hydrogen) atoms. The number of hydrogen-bond donors (Lipinski definition) is 3. The molecule has 0 aliphatic rings. The minimum atomic E-state index is 0.0972. The van der Waals surface area contributed by atoms with Crippen LogP contribution in [0.15, 0.2) is 12.8 Å². The van der Waals surface area contributed by atoms with Crippen LogP contribution in [0.25, 0.3) is 0 Å². The SMILES string of the molecule is C=CN.NCCO. The van der Waals surface area contributed by atoms with Gasteiger partial charge in [-0.3, -0.25) is 0 Å². The first-order valence-electron chi connectivity index (χ1n) is 1.97. The van der Waals surface area contributed by atoms with E-state index in [1.165, 1.54) is 6.20 Å². The second-order valence-corrected chi connectivity index (χ2v) is 0.748. The highest BCUT2D eigenvalue weighted by atomic mass is 16.3. The lowest BCUT2D eigenvalue weighted by Gasteiger charge is -1.71. The third-order valence-corrected chi connectivity index (χ3v) is 0.129. The summed E-state index contributed by atoms with van der Waals surface area (Å²) in [6.07, 6.45) is 1.25. The predicted octanol–water partition coefficient (Wildman–Crippen LogP) is -0.974. The van der Waals surface area contributed by atoms with Gasteiger partial charge < -0.3 is 16.6 Å². The van der Waals surface area contributed by atoms with E-state index in [4.69, 9.17) is 10.8 Å². The average Bonchev–Trinajstić information content (AvgIpc) is 1.69. The monoisotopic (exact) mass is 104 g/mol. The van der Waals surface area contributed by atoms with Crippen molar-refractivity contribution in [2.24, 2.45) is 11.5 Å². The van der Waals surface area contributed by atoms with Gasteiger partial charge in [-0.05, 0) is 6.20 Å². The summed E-state index contributed by atoms with van der Waals surface area (Å²) in [5.41, 5.74) is 9.39. The molecule has 3 heteroatoms. The summed E-state index contributed by atoms with van der Waals surface area (Å²) in [6.45, 7) is 3.61. The second-order valence-electron chi connectivity index (χ2n) is 0.748. The van der Waals surface area contributed by atoms with Crippen molar-refractivity contribution in [2.75, 3.05) is 13.2 Å². The fraction of sp³-hybridized carbons (Fsp3) is 0.500. The number of hydrogen-bond acceptors (Lipinski definition) is 3. The lowest BCUT2D eigenvalue weighted by atomic mass is 10.8. The summed E-state index contributed by atoms with van der Waals surface area (Å²) >= 11 is 0. The molecule has 0 aromatic rings. The van der Waals surface area contributed by atoms with Gasteiger partial charge in [0.2, 0.25) is 0 Å². The molecule has 0 radical (unpaired) electrons. The summed E-state index contributed by atoms with van der Waals surface area (Å²) in [5, 5.41) is 7.75. The molecule has 0 aliphatic heterocycles. The Bertz CT molecular complexity index is 28.9. The molecule has 0 unspecified atom stereocenters. The van der Waals surface area contributed by atoms with E-state index in [1.54, 1.807) is 0 Å². The standard InChI is InChI=1S/C2H7NO.C2H5N/c3-1-2-4;1-2-3/h4H,1-3H2;2H,1,3H2. The van der Waals surface area contributed by atoms with E-state index in [0.717, 1.165) is 0 Å². The Labute approximate surface area is 43.6 Å². The van der Waals surface area contributed by atoms with E-state index in [0.29, 0.717) is 6.54 Å². The molecule has 0 aromatic heterocycles. The summed E-state index contributed by atoms with van der Waals surface area (Å²) < 4.78 is 0. The molecular formula is C4H12N2O. The first-order valence-corrected chi connectivity index (χ1v) is 1.97. The van der Waals surface area contributed by atoms with Gasteiger partial charge >= 0.3 is 0 Å². The Morgan fingerprint density at radius 2 is 1.86 bits per heavy atom. The number of rotatable bonds is 1. The summed E-state index contributed by atoms with van der Waals surface area (Å²) in [6, 6.07) is 0. The Morgan fingerprint density at radius 3 is 1.86 bits per heavy atom. The zero-order chi connectivity index (χ0) is 6.12. The number of aliphatic hydroxyl groups is 1. The normalized spacial score (nSPS) is 6.00. The third kappa shape index (κ3) is 309. The topological polar surface area (TPSA) is 72.3 Å². The third-order valence-electron chi connectivity index (χ3n) is 0.129. The van der Waals surface area contributed by atoms with Gasteiger partial charge in [0.25, 0.3) is 0 Å². The van der Waals surface area contributed by atoms with Gasteiger partial charge in [0.1, 0.15) is 0 Å². The summed E-state index contributed by atoms with van der Waals surface area (Å²) in [4.78, 5) is 0. The van der Waals surface area contributed by atoms with Crippen molar-refractivity contribution in [3.8, 4) is 0 Å². The quantitative estimate of drug-likeness (QED) is 0.400. The molecule has 0 aliphatic carbocycles. The van der Waals surface area contributed by atoms with Gasteiger partial charge in [0.15, 0.2) is 0 Å². The van der Waals surface area contributed by atoms with E-state index in [2.05, 4.69) is 12.3 Å². The molecule has 0 saturated carbocycles. The smallest absolute Gasteiger partial charge is 0.0553 e. The minimum Gasteiger partial charge on any atom is -0.405 e. The first kappa shape index (κ1) is 9.68. The zero-order valence-corrected chi connectivity index (χ0v) is 4.30. The summed E-state index contributed by atoms with van der Waals surface area (Å²) in [7, 11) is 0. The molecule has 0 amide bonds. The lowest BCUT2D eigenvalue weighted by molar-refractivity contribution is 0.306. The maximum atomic E-state index is 7.75. The van der Waals surface area contributed by atoms with E-state index in [-0.39, 0.29) is 6.61 Å². The van der Waals surface area contributed by atoms with Gasteiger partial charge in [-0.25, -0.2) is 0 Å². The largest absolute Gasteiger partial charge is 0.405 e. The molecule has 0 spiro atoms. The van der Waals surface area contributed by atoms with E-state index >= 15 is 0 Å². The van der Waals surface area contributed by atoms with Crippen LogP contribution in [0.5, 0.6) is 0 Å². The fourth-order valence-electron chi connectivity index (χ4n) is 0. The molecule has 0 heterocycles. The average molecular weight is 104 g/mol. The van der Waals surface area contributed by atoms with Crippen LogP contribution in [0.3, 0.4) is 0 Å². The van der Waals surface area contributed by atoms with Crippen molar-refractivity contribution < 1.29 is 5.11 Å². The Hall–Kier alpha value is -0.540. The number of aliphatic hydroxyl groups excluding tert-OH is 1. The van der Waals surface area contributed by atoms with Crippen LogP contribution in [-0.2, 0) is 0 Å². The molecule has 0 fully saturated rings. The van der Waals surface area contributed by atoms with Gasteiger partial charge in [0, 0.05) is 6.54 Å². The van der Waals surface area contributed by atoms with Crippen molar-refractivity contribution in [3.63, 3.8) is 0 Å². The van der Waals surface area contributed by atoms with Crippen LogP contribution in [0.2, 0.25) is 0 Å². The predicted molar refractivity (Wildman–Crippen MR) is 30.5 cm³/mol. The van der Waals surface area contributed by atoms with Crippen LogP contribution in [0.4, 0.5) is 0 Å². The molecular weight excluding hydrogens is 92.1 g/mol. The van der Waals surface area contributed by atoms with Gasteiger partial charge in [-0.15, -0.1) is 0 Å². The van der Waals surface area contributed by atoms with Gasteiger partial charge in [-0.1, -0.05) is 6.58 Å². The lowest BCUT2D eigenvalue weighted by Crippen LogP contribution is -2.02. The molecule has 0 aromatic carbocycles. The van der Waals surface area contributed by atoms with Crippen molar-refractivity contribution in [1.29, 1.82) is 0 Å². The molecule has 0 rings (SSSR count). The van der Waals surface area contributed by atoms with Crippen molar-refractivity contribution in [3.05, 3.63) is 12.8 Å². The van der Waals surface area contributed by atoms with Crippen LogP contribution in [0.1, 0.15) is 0 Å². The maximum Gasteiger partial charge on any atom is 0.0553 e. The van der Waals surface area contributed by atoms with Crippen LogP contribution < -0.4 is 11.5 Å². The fourth-order valence-corrected chi connectivity index (χ4v) is 0. The van der Waals surface area contributed by atoms with E-state index in [1.807, 2.05) is 0 Å². The Kier molecular flexibility index (Phi) is 24.8. The molecule has 0 bridgehead atoms. The number of nitrogens with two attached hydrogens (primary N) is 2. The van der Waals surface area contributed by atoms with Crippen molar-refractivity contribution in [1.82, 2.24) is 0 Å². The maximum absolute atomic E-state index is 7.75. The van der Waals surface area contributed by atoms with Gasteiger partial charge in [0.05, 0.1) is 6.61 Å². The Morgan fingerprint density at radius 1 is 1.71 bits per heavy atom. The van der Waals surface area contributed by atoms with Crippen molar-refractivity contribution in [2.45, 2.75) is 0 Å². The van der Waals surface area contributed by atoms with Crippen LogP contribution in [-0.4, -0.2) is 18.3 Å². The molecule has 3 nitrogen and oxygen atoms in total. The molecule has 0 saturated heterocycles. The van der Waals surface area contributed by atoms with Gasteiger partial charge in [-0.2, -0.15) is 0 Å². The zero-order valence-electron chi connectivity index (χ0n) is 4.30. The molecule has 0 atom stereocenters. The highest BCUT2D eigenvalue weighted by Gasteiger charge is 1.56. The molecule has 5 N–H and O–H groups in total.